The number of carbonyl (C=O) groups excluding carboxylic acids is 1. The van der Waals surface area contributed by atoms with Crippen LogP contribution in [0.2, 0.25) is 0 Å². The number of hydrogen-bond acceptors (Lipinski definition) is 3. The summed E-state index contributed by atoms with van der Waals surface area (Å²) in [4.78, 5) is 22.6. The predicted molar refractivity (Wildman–Crippen MR) is 66.8 cm³/mol. The third-order valence-corrected chi connectivity index (χ3v) is 2.40. The van der Waals surface area contributed by atoms with Crippen molar-refractivity contribution in [1.29, 1.82) is 0 Å². The van der Waals surface area contributed by atoms with E-state index < -0.39 is 18.1 Å². The minimum atomic E-state index is -0.907. The van der Waals surface area contributed by atoms with Gasteiger partial charge in [0.05, 0.1) is 6.04 Å². The average Bonchev–Trinajstić information content (AvgIpc) is 2.24. The van der Waals surface area contributed by atoms with Crippen LogP contribution in [0.5, 0.6) is 0 Å². The molecule has 0 spiro atoms. The fourth-order valence-electron chi connectivity index (χ4n) is 1.40. The van der Waals surface area contributed by atoms with E-state index in [1.54, 1.807) is 6.92 Å². The number of rotatable bonds is 8. The molecule has 5 heteroatoms. The number of nitrogens with one attached hydrogen (secondary N) is 2. The van der Waals surface area contributed by atoms with Gasteiger partial charge >= 0.3 is 5.97 Å². The Labute approximate surface area is 103 Å². The first-order chi connectivity index (χ1) is 7.88. The molecule has 0 fully saturated rings. The van der Waals surface area contributed by atoms with Gasteiger partial charge in [0.2, 0.25) is 5.91 Å². The van der Waals surface area contributed by atoms with Crippen molar-refractivity contribution >= 4 is 11.9 Å². The van der Waals surface area contributed by atoms with Crippen molar-refractivity contribution in [3.8, 4) is 0 Å². The molecule has 100 valence electrons. The minimum absolute atomic E-state index is 0.152. The third kappa shape index (κ3) is 6.94. The quantitative estimate of drug-likeness (QED) is 0.595. The number of aliphatic carboxylic acids is 1. The average molecular weight is 244 g/mol. The first-order valence-corrected chi connectivity index (χ1v) is 6.15. The van der Waals surface area contributed by atoms with Gasteiger partial charge < -0.3 is 10.4 Å². The van der Waals surface area contributed by atoms with E-state index in [0.717, 1.165) is 6.42 Å². The maximum absolute atomic E-state index is 11.6. The molecule has 0 aliphatic heterocycles. The van der Waals surface area contributed by atoms with E-state index in [1.807, 2.05) is 20.8 Å². The summed E-state index contributed by atoms with van der Waals surface area (Å²) < 4.78 is 0. The molecule has 0 bridgehead atoms. The number of hydrogen-bond donors (Lipinski definition) is 3. The smallest absolute Gasteiger partial charge is 0.320 e. The highest BCUT2D eigenvalue weighted by molar-refractivity contribution is 5.82. The fraction of sp³-hybridized carbons (Fsp3) is 0.833. The summed E-state index contributed by atoms with van der Waals surface area (Å²) in [5, 5.41) is 14.6. The number of carbonyl (C=O) groups is 2. The maximum Gasteiger partial charge on any atom is 0.320 e. The number of carboxylic acid groups (broad SMARTS) is 1. The van der Waals surface area contributed by atoms with Crippen molar-refractivity contribution in [3.05, 3.63) is 0 Å². The molecule has 0 aromatic heterocycles. The summed E-state index contributed by atoms with van der Waals surface area (Å²) in [5.74, 6) is -0.673. The molecule has 17 heavy (non-hydrogen) atoms. The van der Waals surface area contributed by atoms with E-state index in [0.29, 0.717) is 18.9 Å². The molecule has 0 aromatic carbocycles. The van der Waals surface area contributed by atoms with E-state index in [9.17, 15) is 9.59 Å². The van der Waals surface area contributed by atoms with Gasteiger partial charge in [-0.05, 0) is 19.3 Å². The van der Waals surface area contributed by atoms with Gasteiger partial charge in [0.15, 0.2) is 0 Å². The Morgan fingerprint density at radius 1 is 1.24 bits per heavy atom. The van der Waals surface area contributed by atoms with Crippen LogP contribution >= 0.6 is 0 Å². The zero-order chi connectivity index (χ0) is 13.4. The highest BCUT2D eigenvalue weighted by Gasteiger charge is 2.21. The summed E-state index contributed by atoms with van der Waals surface area (Å²) in [5.41, 5.74) is 0. The lowest BCUT2D eigenvalue weighted by Gasteiger charge is -2.19. The van der Waals surface area contributed by atoms with Gasteiger partial charge in [0.25, 0.3) is 0 Å². The Hall–Kier alpha value is -1.10. The molecule has 0 aliphatic carbocycles. The molecule has 0 heterocycles. The first kappa shape index (κ1) is 15.9. The largest absolute Gasteiger partial charge is 0.480 e. The molecule has 0 radical (unpaired) electrons. The summed E-state index contributed by atoms with van der Waals surface area (Å²) in [7, 11) is 0. The highest BCUT2D eigenvalue weighted by Crippen LogP contribution is 1.99. The Bertz CT molecular complexity index is 254. The minimum Gasteiger partial charge on any atom is -0.480 e. The van der Waals surface area contributed by atoms with Crippen molar-refractivity contribution < 1.29 is 14.7 Å². The van der Waals surface area contributed by atoms with Crippen LogP contribution in [0.1, 0.15) is 40.5 Å². The maximum atomic E-state index is 11.6. The van der Waals surface area contributed by atoms with Crippen molar-refractivity contribution in [2.45, 2.75) is 52.6 Å². The van der Waals surface area contributed by atoms with Gasteiger partial charge in [-0.3, -0.25) is 14.9 Å². The van der Waals surface area contributed by atoms with Crippen LogP contribution in [0.3, 0.4) is 0 Å². The van der Waals surface area contributed by atoms with Crippen LogP contribution in [-0.4, -0.2) is 35.6 Å². The Morgan fingerprint density at radius 3 is 2.24 bits per heavy atom. The van der Waals surface area contributed by atoms with Gasteiger partial charge in [-0.1, -0.05) is 27.2 Å². The van der Waals surface area contributed by atoms with Crippen molar-refractivity contribution in [2.75, 3.05) is 6.54 Å². The van der Waals surface area contributed by atoms with Gasteiger partial charge in [-0.15, -0.1) is 0 Å². The molecule has 0 aliphatic rings. The lowest BCUT2D eigenvalue weighted by molar-refractivity contribution is -0.140. The molecule has 2 unspecified atom stereocenters. The summed E-state index contributed by atoms with van der Waals surface area (Å²) in [6.45, 7) is 8.23. The number of carboxylic acids is 1. The topological polar surface area (TPSA) is 78.4 Å². The molecular weight excluding hydrogens is 220 g/mol. The van der Waals surface area contributed by atoms with Crippen LogP contribution in [0, 0.1) is 5.92 Å². The predicted octanol–water partition coefficient (Wildman–Crippen LogP) is 0.990. The molecular formula is C12H24N2O3. The van der Waals surface area contributed by atoms with Gasteiger partial charge in [0.1, 0.15) is 6.04 Å². The second kappa shape index (κ2) is 8.06. The molecule has 0 rings (SSSR count). The second-order valence-electron chi connectivity index (χ2n) is 4.71. The molecule has 1 amide bonds. The summed E-state index contributed by atoms with van der Waals surface area (Å²) >= 11 is 0. The monoisotopic (exact) mass is 244 g/mol. The van der Waals surface area contributed by atoms with E-state index in [1.165, 1.54) is 0 Å². The van der Waals surface area contributed by atoms with Gasteiger partial charge in [-0.25, -0.2) is 0 Å². The van der Waals surface area contributed by atoms with Crippen molar-refractivity contribution in [3.63, 3.8) is 0 Å². The third-order valence-electron chi connectivity index (χ3n) is 2.40. The lowest BCUT2D eigenvalue weighted by atomic mass is 10.1. The summed E-state index contributed by atoms with van der Waals surface area (Å²) in [6.07, 6.45) is 1.29. The summed E-state index contributed by atoms with van der Waals surface area (Å²) in [6, 6.07) is -1.14. The van der Waals surface area contributed by atoms with E-state index in [4.69, 9.17) is 5.11 Å². The van der Waals surface area contributed by atoms with Gasteiger partial charge in [-0.2, -0.15) is 0 Å². The molecule has 3 N–H and O–H groups in total. The molecule has 2 atom stereocenters. The van der Waals surface area contributed by atoms with Crippen LogP contribution in [0.4, 0.5) is 0 Å². The van der Waals surface area contributed by atoms with Crippen LogP contribution in [0.15, 0.2) is 0 Å². The van der Waals surface area contributed by atoms with Gasteiger partial charge in [0, 0.05) is 6.54 Å². The second-order valence-corrected chi connectivity index (χ2v) is 4.71. The lowest BCUT2D eigenvalue weighted by Crippen LogP contribution is -2.49. The fourth-order valence-corrected chi connectivity index (χ4v) is 1.40. The normalized spacial score (nSPS) is 14.4. The van der Waals surface area contributed by atoms with E-state index in [2.05, 4.69) is 10.6 Å². The molecule has 5 nitrogen and oxygen atoms in total. The zero-order valence-corrected chi connectivity index (χ0v) is 11.1. The SMILES string of the molecule is CCCC(NC(C)C(=O)NCC(C)C)C(=O)O. The molecule has 0 saturated heterocycles. The van der Waals surface area contributed by atoms with Crippen LogP contribution in [0.25, 0.3) is 0 Å². The van der Waals surface area contributed by atoms with Crippen LogP contribution in [-0.2, 0) is 9.59 Å². The van der Waals surface area contributed by atoms with Crippen molar-refractivity contribution in [2.24, 2.45) is 5.92 Å². The highest BCUT2D eigenvalue weighted by atomic mass is 16.4. The van der Waals surface area contributed by atoms with Crippen molar-refractivity contribution in [1.82, 2.24) is 10.6 Å². The zero-order valence-electron chi connectivity index (χ0n) is 11.1. The van der Waals surface area contributed by atoms with Crippen LogP contribution < -0.4 is 10.6 Å². The van der Waals surface area contributed by atoms with E-state index >= 15 is 0 Å². The Balaban J connectivity index is 4.15. The first-order valence-electron chi connectivity index (χ1n) is 6.15. The van der Waals surface area contributed by atoms with E-state index in [-0.39, 0.29) is 5.91 Å². The molecule has 0 saturated carbocycles. The Kier molecular flexibility index (Phi) is 7.54. The standard InChI is InChI=1S/C12H24N2O3/c1-5-6-10(12(16)17)14-9(4)11(15)13-7-8(2)3/h8-10,14H,5-7H2,1-4H3,(H,13,15)(H,16,17). The Morgan fingerprint density at radius 2 is 1.82 bits per heavy atom. The molecule has 0 aromatic rings. The number of amides is 1.